The fourth-order valence-corrected chi connectivity index (χ4v) is 7.43. The zero-order valence-electron chi connectivity index (χ0n) is 17.0. The lowest BCUT2D eigenvalue weighted by atomic mass is 9.48. The monoisotopic (exact) mass is 406 g/mol. The van der Waals surface area contributed by atoms with Gasteiger partial charge < -0.3 is 9.84 Å². The molecule has 4 aliphatic carbocycles. The van der Waals surface area contributed by atoms with Gasteiger partial charge in [0.05, 0.1) is 17.6 Å². The molecule has 0 unspecified atom stereocenters. The highest BCUT2D eigenvalue weighted by molar-refractivity contribution is 7.11. The van der Waals surface area contributed by atoms with Gasteiger partial charge in [-0.05, 0) is 92.4 Å². The molecule has 0 aliphatic heterocycles. The molecule has 0 atom stereocenters. The number of thiophene rings is 1. The summed E-state index contributed by atoms with van der Waals surface area (Å²) in [4.78, 5) is 12.1. The second kappa shape index (κ2) is 6.92. The summed E-state index contributed by atoms with van der Waals surface area (Å²) < 4.78 is 5.79. The molecular weight excluding hydrogens is 380 g/mol. The van der Waals surface area contributed by atoms with Crippen LogP contribution in [0.15, 0.2) is 23.6 Å². The molecule has 3 nitrogen and oxygen atoms in total. The smallest absolute Gasteiger partial charge is 0.336 e. The standard InChI is InChI=1S/C25H26O3S/c1-15-20(24(26)27)14-29-23(15)6-4-16-3-5-22(28-2)21(10-16)25-11-17-7-18(12-25)9-19(8-17)13-25/h3,5,10,14,17-19H,7-9,11-13H2,1-2H3,(H,26,27). The van der Waals surface area contributed by atoms with Crippen molar-refractivity contribution in [2.75, 3.05) is 7.11 Å². The molecule has 6 rings (SSSR count). The normalized spacial score (nSPS) is 29.4. The fourth-order valence-electron chi connectivity index (χ4n) is 6.52. The summed E-state index contributed by atoms with van der Waals surface area (Å²) in [6, 6.07) is 6.35. The molecule has 0 spiro atoms. The highest BCUT2D eigenvalue weighted by atomic mass is 32.1. The van der Waals surface area contributed by atoms with E-state index in [9.17, 15) is 9.90 Å². The van der Waals surface area contributed by atoms with Crippen molar-refractivity contribution in [1.82, 2.24) is 0 Å². The number of carbonyl (C=O) groups is 1. The van der Waals surface area contributed by atoms with Crippen molar-refractivity contribution in [3.05, 3.63) is 50.7 Å². The van der Waals surface area contributed by atoms with Crippen LogP contribution in [0.3, 0.4) is 0 Å². The van der Waals surface area contributed by atoms with Crippen LogP contribution in [0.2, 0.25) is 0 Å². The largest absolute Gasteiger partial charge is 0.496 e. The van der Waals surface area contributed by atoms with Crippen LogP contribution in [-0.2, 0) is 5.41 Å². The van der Waals surface area contributed by atoms with Crippen LogP contribution in [0, 0.1) is 36.5 Å². The van der Waals surface area contributed by atoms with Gasteiger partial charge in [-0.3, -0.25) is 0 Å². The van der Waals surface area contributed by atoms with Gasteiger partial charge in [0, 0.05) is 16.5 Å². The molecule has 4 saturated carbocycles. The number of aromatic carboxylic acids is 1. The fraction of sp³-hybridized carbons (Fsp3) is 0.480. The Morgan fingerprint density at radius 2 is 1.79 bits per heavy atom. The van der Waals surface area contributed by atoms with Crippen LogP contribution < -0.4 is 4.74 Å². The van der Waals surface area contributed by atoms with Gasteiger partial charge in [0.25, 0.3) is 0 Å². The molecule has 1 aromatic heterocycles. The van der Waals surface area contributed by atoms with E-state index in [-0.39, 0.29) is 5.41 Å². The Morgan fingerprint density at radius 1 is 1.14 bits per heavy atom. The van der Waals surface area contributed by atoms with Gasteiger partial charge in [-0.15, -0.1) is 11.3 Å². The molecule has 29 heavy (non-hydrogen) atoms. The van der Waals surface area contributed by atoms with Crippen molar-refractivity contribution in [3.63, 3.8) is 0 Å². The summed E-state index contributed by atoms with van der Waals surface area (Å²) in [5, 5.41) is 10.9. The van der Waals surface area contributed by atoms with Gasteiger partial charge in [-0.2, -0.15) is 0 Å². The zero-order valence-corrected chi connectivity index (χ0v) is 17.8. The highest BCUT2D eigenvalue weighted by Gasteiger charge is 2.52. The summed E-state index contributed by atoms with van der Waals surface area (Å²) in [6.07, 6.45) is 8.13. The molecule has 4 fully saturated rings. The van der Waals surface area contributed by atoms with E-state index in [1.165, 1.54) is 55.4 Å². The molecule has 1 N–H and O–H groups in total. The summed E-state index contributed by atoms with van der Waals surface area (Å²) in [5.74, 6) is 9.24. The minimum absolute atomic E-state index is 0.257. The van der Waals surface area contributed by atoms with E-state index < -0.39 is 5.97 Å². The van der Waals surface area contributed by atoms with Crippen LogP contribution >= 0.6 is 11.3 Å². The van der Waals surface area contributed by atoms with Crippen molar-refractivity contribution in [1.29, 1.82) is 0 Å². The molecule has 150 valence electrons. The Labute approximate surface area is 176 Å². The van der Waals surface area contributed by atoms with Crippen molar-refractivity contribution in [3.8, 4) is 17.6 Å². The van der Waals surface area contributed by atoms with E-state index in [4.69, 9.17) is 4.74 Å². The van der Waals surface area contributed by atoms with E-state index in [0.29, 0.717) is 5.56 Å². The molecule has 0 saturated heterocycles. The molecule has 0 radical (unpaired) electrons. The lowest BCUT2D eigenvalue weighted by molar-refractivity contribution is -0.00616. The van der Waals surface area contributed by atoms with E-state index in [0.717, 1.165) is 39.5 Å². The van der Waals surface area contributed by atoms with Gasteiger partial charge >= 0.3 is 5.97 Å². The average Bonchev–Trinajstić information content (AvgIpc) is 3.06. The molecule has 4 aliphatic rings. The van der Waals surface area contributed by atoms with Crippen LogP contribution in [0.4, 0.5) is 0 Å². The summed E-state index contributed by atoms with van der Waals surface area (Å²) in [7, 11) is 1.77. The Bertz CT molecular complexity index is 1000. The maximum Gasteiger partial charge on any atom is 0.336 e. The number of methoxy groups -OCH3 is 1. The van der Waals surface area contributed by atoms with Gasteiger partial charge in [0.15, 0.2) is 0 Å². The Morgan fingerprint density at radius 3 is 2.34 bits per heavy atom. The molecular formula is C25H26O3S. The van der Waals surface area contributed by atoms with Gasteiger partial charge in [-0.25, -0.2) is 4.79 Å². The number of carboxylic acid groups (broad SMARTS) is 1. The van der Waals surface area contributed by atoms with Crippen LogP contribution in [0.25, 0.3) is 0 Å². The molecule has 1 aromatic carbocycles. The molecule has 0 amide bonds. The van der Waals surface area contributed by atoms with Gasteiger partial charge in [-0.1, -0.05) is 11.8 Å². The van der Waals surface area contributed by atoms with Crippen LogP contribution in [0.1, 0.15) is 70.5 Å². The van der Waals surface area contributed by atoms with E-state index in [2.05, 4.69) is 24.0 Å². The maximum atomic E-state index is 11.3. The zero-order chi connectivity index (χ0) is 20.2. The third kappa shape index (κ3) is 3.16. The number of ether oxygens (including phenoxy) is 1. The first-order valence-corrected chi connectivity index (χ1v) is 11.4. The number of hydrogen-bond donors (Lipinski definition) is 1. The van der Waals surface area contributed by atoms with Gasteiger partial charge in [0.2, 0.25) is 0 Å². The quantitative estimate of drug-likeness (QED) is 0.672. The number of hydrogen-bond acceptors (Lipinski definition) is 3. The first kappa shape index (κ1) is 18.8. The van der Waals surface area contributed by atoms with E-state index >= 15 is 0 Å². The van der Waals surface area contributed by atoms with Crippen molar-refractivity contribution >= 4 is 17.3 Å². The third-order valence-corrected chi connectivity index (χ3v) is 8.40. The molecule has 2 aromatic rings. The van der Waals surface area contributed by atoms with Crippen LogP contribution in [-0.4, -0.2) is 18.2 Å². The van der Waals surface area contributed by atoms with Crippen molar-refractivity contribution in [2.45, 2.75) is 50.9 Å². The van der Waals surface area contributed by atoms with Gasteiger partial charge in [0.1, 0.15) is 5.75 Å². The Balaban J connectivity index is 1.51. The molecule has 4 bridgehead atoms. The third-order valence-electron chi connectivity index (χ3n) is 7.40. The van der Waals surface area contributed by atoms with Crippen molar-refractivity contribution in [2.24, 2.45) is 17.8 Å². The minimum Gasteiger partial charge on any atom is -0.496 e. The first-order chi connectivity index (χ1) is 14.0. The number of benzene rings is 1. The lowest BCUT2D eigenvalue weighted by Crippen LogP contribution is -2.48. The Hall–Kier alpha value is -2.25. The molecule has 4 heteroatoms. The number of rotatable bonds is 3. The van der Waals surface area contributed by atoms with E-state index in [1.807, 2.05) is 13.0 Å². The average molecular weight is 407 g/mol. The molecule has 1 heterocycles. The SMILES string of the molecule is COc1ccc(C#Cc2scc(C(=O)O)c2C)cc1C12CC3CC(CC(C3)C1)C2. The Kier molecular flexibility index (Phi) is 4.47. The minimum atomic E-state index is -0.889. The highest BCUT2D eigenvalue weighted by Crippen LogP contribution is 2.61. The summed E-state index contributed by atoms with van der Waals surface area (Å²) in [6.45, 7) is 1.83. The lowest BCUT2D eigenvalue weighted by Gasteiger charge is -2.57. The second-order valence-corrected chi connectivity index (χ2v) is 10.2. The predicted molar refractivity (Wildman–Crippen MR) is 115 cm³/mol. The maximum absolute atomic E-state index is 11.3. The first-order valence-electron chi connectivity index (χ1n) is 10.5. The van der Waals surface area contributed by atoms with E-state index in [1.54, 1.807) is 12.5 Å². The predicted octanol–water partition coefficient (Wildman–Crippen LogP) is 5.63. The van der Waals surface area contributed by atoms with Crippen LogP contribution in [0.5, 0.6) is 5.75 Å². The summed E-state index contributed by atoms with van der Waals surface area (Å²) >= 11 is 1.40. The topological polar surface area (TPSA) is 46.5 Å². The van der Waals surface area contributed by atoms with Crippen molar-refractivity contribution < 1.29 is 14.6 Å². The summed E-state index contributed by atoms with van der Waals surface area (Å²) in [5.41, 5.74) is 3.70. The second-order valence-electron chi connectivity index (χ2n) is 9.27. The number of carboxylic acids is 1.